The lowest BCUT2D eigenvalue weighted by molar-refractivity contribution is 0.237. The molecular formula is C17H20N4. The maximum absolute atomic E-state index is 9.10. The van der Waals surface area contributed by atoms with Gasteiger partial charge in [-0.05, 0) is 38.1 Å². The molecule has 0 amide bonds. The van der Waals surface area contributed by atoms with Crippen molar-refractivity contribution in [3.05, 3.63) is 36.0 Å². The third-order valence-electron chi connectivity index (χ3n) is 4.02. The summed E-state index contributed by atoms with van der Waals surface area (Å²) in [6.07, 6.45) is 4.00. The van der Waals surface area contributed by atoms with Gasteiger partial charge in [0.25, 0.3) is 0 Å². The second-order valence-electron chi connectivity index (χ2n) is 5.51. The van der Waals surface area contributed by atoms with Crippen molar-refractivity contribution in [3.8, 4) is 6.07 Å². The third kappa shape index (κ3) is 3.32. The zero-order valence-corrected chi connectivity index (χ0v) is 12.2. The van der Waals surface area contributed by atoms with E-state index < -0.39 is 0 Å². The molecule has 1 aliphatic rings. The predicted octanol–water partition coefficient (Wildman–Crippen LogP) is 3.00. The summed E-state index contributed by atoms with van der Waals surface area (Å²) in [6, 6.07) is 11.9. The normalized spacial score (nSPS) is 15.8. The van der Waals surface area contributed by atoms with E-state index in [0.717, 1.165) is 29.7 Å². The highest BCUT2D eigenvalue weighted by Gasteiger charge is 2.10. The topological polar surface area (TPSA) is 52.0 Å². The van der Waals surface area contributed by atoms with Gasteiger partial charge in [-0.25, -0.2) is 4.98 Å². The van der Waals surface area contributed by atoms with Crippen LogP contribution in [0.2, 0.25) is 0 Å². The number of likely N-dealkylation sites (tertiary alicyclic amines) is 1. The van der Waals surface area contributed by atoms with Gasteiger partial charge in [-0.15, -0.1) is 0 Å². The molecule has 0 unspecified atom stereocenters. The van der Waals surface area contributed by atoms with Crippen LogP contribution in [-0.4, -0.2) is 36.1 Å². The molecular weight excluding hydrogens is 260 g/mol. The molecule has 2 aromatic rings. The Morgan fingerprint density at radius 1 is 1.19 bits per heavy atom. The van der Waals surface area contributed by atoms with Gasteiger partial charge in [-0.3, -0.25) is 0 Å². The van der Waals surface area contributed by atoms with E-state index in [-0.39, 0.29) is 0 Å². The summed E-state index contributed by atoms with van der Waals surface area (Å²) in [7, 11) is 0. The number of nitrogens with zero attached hydrogens (tertiary/aromatic N) is 3. The highest BCUT2D eigenvalue weighted by molar-refractivity contribution is 5.91. The first-order valence-corrected chi connectivity index (χ1v) is 7.63. The van der Waals surface area contributed by atoms with Crippen molar-refractivity contribution in [2.45, 2.75) is 19.3 Å². The van der Waals surface area contributed by atoms with Gasteiger partial charge in [-0.2, -0.15) is 5.26 Å². The van der Waals surface area contributed by atoms with Gasteiger partial charge in [0.1, 0.15) is 11.8 Å². The van der Waals surface area contributed by atoms with Crippen LogP contribution in [0.1, 0.15) is 25.0 Å². The first kappa shape index (κ1) is 13.8. The van der Waals surface area contributed by atoms with Crippen LogP contribution < -0.4 is 5.32 Å². The Bertz CT molecular complexity index is 653. The lowest BCUT2D eigenvalue weighted by Crippen LogP contribution is -2.33. The highest BCUT2D eigenvalue weighted by atomic mass is 15.1. The van der Waals surface area contributed by atoms with Gasteiger partial charge in [0.15, 0.2) is 0 Å². The van der Waals surface area contributed by atoms with Gasteiger partial charge in [0, 0.05) is 24.2 Å². The molecule has 4 nitrogen and oxygen atoms in total. The van der Waals surface area contributed by atoms with E-state index in [1.54, 1.807) is 0 Å². The quantitative estimate of drug-likeness (QED) is 0.935. The molecule has 0 atom stereocenters. The maximum atomic E-state index is 9.10. The molecule has 1 aromatic carbocycles. The Labute approximate surface area is 125 Å². The van der Waals surface area contributed by atoms with Crippen molar-refractivity contribution >= 4 is 16.6 Å². The fourth-order valence-corrected chi connectivity index (χ4v) is 2.91. The van der Waals surface area contributed by atoms with Gasteiger partial charge in [0.05, 0.1) is 5.52 Å². The summed E-state index contributed by atoms with van der Waals surface area (Å²) >= 11 is 0. The summed E-state index contributed by atoms with van der Waals surface area (Å²) in [5.41, 5.74) is 2.35. The van der Waals surface area contributed by atoms with E-state index in [2.05, 4.69) is 21.3 Å². The molecule has 3 rings (SSSR count). The van der Waals surface area contributed by atoms with Crippen LogP contribution in [0.5, 0.6) is 0 Å². The molecule has 21 heavy (non-hydrogen) atoms. The monoisotopic (exact) mass is 280 g/mol. The summed E-state index contributed by atoms with van der Waals surface area (Å²) in [6.45, 7) is 4.38. The lowest BCUT2D eigenvalue weighted by atomic mass is 10.1. The minimum Gasteiger partial charge on any atom is -0.383 e. The fraction of sp³-hybridized carbons (Fsp3) is 0.412. The van der Waals surface area contributed by atoms with E-state index in [1.165, 1.54) is 32.4 Å². The molecule has 108 valence electrons. The minimum atomic E-state index is 0.467. The van der Waals surface area contributed by atoms with Crippen LogP contribution in [0, 0.1) is 11.3 Å². The Balaban J connectivity index is 1.72. The first-order chi connectivity index (χ1) is 10.4. The van der Waals surface area contributed by atoms with Crippen molar-refractivity contribution in [1.82, 2.24) is 9.88 Å². The number of rotatable bonds is 4. The molecule has 0 saturated carbocycles. The second-order valence-corrected chi connectivity index (χ2v) is 5.51. The smallest absolute Gasteiger partial charge is 0.143 e. The summed E-state index contributed by atoms with van der Waals surface area (Å²) in [5, 5.41) is 13.7. The minimum absolute atomic E-state index is 0.467. The summed E-state index contributed by atoms with van der Waals surface area (Å²) < 4.78 is 0. The zero-order valence-electron chi connectivity index (χ0n) is 12.2. The Morgan fingerprint density at radius 2 is 2.00 bits per heavy atom. The summed E-state index contributed by atoms with van der Waals surface area (Å²) in [5.74, 6) is 0. The van der Waals surface area contributed by atoms with Crippen LogP contribution in [-0.2, 0) is 0 Å². The maximum Gasteiger partial charge on any atom is 0.143 e. The summed E-state index contributed by atoms with van der Waals surface area (Å²) in [4.78, 5) is 6.85. The number of nitriles is 1. The predicted molar refractivity (Wildman–Crippen MR) is 85.2 cm³/mol. The van der Waals surface area contributed by atoms with Crippen molar-refractivity contribution in [2.24, 2.45) is 0 Å². The van der Waals surface area contributed by atoms with E-state index in [0.29, 0.717) is 5.69 Å². The third-order valence-corrected chi connectivity index (χ3v) is 4.02. The number of para-hydroxylation sites is 1. The molecule has 2 heterocycles. The molecule has 0 bridgehead atoms. The van der Waals surface area contributed by atoms with Crippen LogP contribution in [0.4, 0.5) is 5.69 Å². The van der Waals surface area contributed by atoms with Crippen LogP contribution in [0.25, 0.3) is 10.9 Å². The number of anilines is 1. The van der Waals surface area contributed by atoms with Crippen LogP contribution in [0.15, 0.2) is 30.3 Å². The molecule has 1 fully saturated rings. The number of benzene rings is 1. The molecule has 1 saturated heterocycles. The van der Waals surface area contributed by atoms with Gasteiger partial charge in [0.2, 0.25) is 0 Å². The molecule has 1 N–H and O–H groups in total. The number of pyridine rings is 1. The van der Waals surface area contributed by atoms with E-state index in [9.17, 15) is 0 Å². The molecule has 0 spiro atoms. The average molecular weight is 280 g/mol. The lowest BCUT2D eigenvalue weighted by Gasteiger charge is -2.26. The van der Waals surface area contributed by atoms with Crippen molar-refractivity contribution in [2.75, 3.05) is 31.5 Å². The van der Waals surface area contributed by atoms with E-state index in [1.807, 2.05) is 30.3 Å². The number of fused-ring (bicyclic) bond motifs is 1. The highest BCUT2D eigenvalue weighted by Crippen LogP contribution is 2.22. The van der Waals surface area contributed by atoms with Crippen molar-refractivity contribution in [3.63, 3.8) is 0 Å². The van der Waals surface area contributed by atoms with E-state index >= 15 is 0 Å². The molecule has 1 aliphatic heterocycles. The number of aromatic nitrogens is 1. The first-order valence-electron chi connectivity index (χ1n) is 7.63. The molecule has 1 aromatic heterocycles. The Kier molecular flexibility index (Phi) is 4.32. The Hall–Kier alpha value is -2.12. The van der Waals surface area contributed by atoms with Crippen LogP contribution in [0.3, 0.4) is 0 Å². The van der Waals surface area contributed by atoms with Crippen molar-refractivity contribution in [1.29, 1.82) is 5.26 Å². The average Bonchev–Trinajstić information content (AvgIpc) is 2.55. The number of nitrogens with one attached hydrogen (secondary N) is 1. The van der Waals surface area contributed by atoms with Crippen molar-refractivity contribution < 1.29 is 0 Å². The number of hydrogen-bond donors (Lipinski definition) is 1. The second kappa shape index (κ2) is 6.55. The van der Waals surface area contributed by atoms with E-state index in [4.69, 9.17) is 5.26 Å². The zero-order chi connectivity index (χ0) is 14.5. The Morgan fingerprint density at radius 3 is 2.81 bits per heavy atom. The van der Waals surface area contributed by atoms with Crippen LogP contribution >= 0.6 is 0 Å². The van der Waals surface area contributed by atoms with Gasteiger partial charge in [-0.1, -0.05) is 24.6 Å². The number of hydrogen-bond acceptors (Lipinski definition) is 4. The van der Waals surface area contributed by atoms with Gasteiger partial charge >= 0.3 is 0 Å². The SMILES string of the molecule is N#Cc1cc(NCCN2CCCCC2)c2ccccc2n1. The largest absolute Gasteiger partial charge is 0.383 e. The fourth-order valence-electron chi connectivity index (χ4n) is 2.91. The molecule has 4 heteroatoms. The van der Waals surface area contributed by atoms with Gasteiger partial charge < -0.3 is 10.2 Å². The molecule has 0 aliphatic carbocycles. The standard InChI is InChI=1S/C17H20N4/c18-13-14-12-17(15-6-2-3-7-16(15)20-14)19-8-11-21-9-4-1-5-10-21/h2-3,6-7,12H,1,4-5,8-11H2,(H,19,20). The molecule has 0 radical (unpaired) electrons. The number of piperidine rings is 1.